The summed E-state index contributed by atoms with van der Waals surface area (Å²) in [5.74, 6) is 0. The van der Waals surface area contributed by atoms with Crippen molar-refractivity contribution in [3.05, 3.63) is 39.1 Å². The van der Waals surface area contributed by atoms with Crippen LogP contribution in [0.2, 0.25) is 0 Å². The van der Waals surface area contributed by atoms with Gasteiger partial charge in [0.25, 0.3) is 0 Å². The van der Waals surface area contributed by atoms with E-state index in [1.807, 2.05) is 6.07 Å². The van der Waals surface area contributed by atoms with Gasteiger partial charge in [-0.15, -0.1) is 11.3 Å². The van der Waals surface area contributed by atoms with Crippen molar-refractivity contribution >= 4 is 27.3 Å². The van der Waals surface area contributed by atoms with Gasteiger partial charge >= 0.3 is 0 Å². The standard InChI is InChI=1S/C15H16BrN3S/c16-12-4-2-1-3-11(12)13-10-20-15(17-13)14-9-18-5-7-19(14)8-6-18/h1-4,10,14H,5-9H2. The Morgan fingerprint density at radius 3 is 2.65 bits per heavy atom. The smallest absolute Gasteiger partial charge is 0.112 e. The Labute approximate surface area is 131 Å². The molecule has 5 rings (SSSR count). The molecule has 1 unspecified atom stereocenters. The Morgan fingerprint density at radius 2 is 1.95 bits per heavy atom. The van der Waals surface area contributed by atoms with Crippen LogP contribution >= 0.6 is 27.3 Å². The summed E-state index contributed by atoms with van der Waals surface area (Å²) in [5.41, 5.74) is 2.28. The van der Waals surface area contributed by atoms with Gasteiger partial charge in [0.2, 0.25) is 0 Å². The summed E-state index contributed by atoms with van der Waals surface area (Å²) in [6.45, 7) is 5.96. The zero-order chi connectivity index (χ0) is 13.5. The molecule has 0 spiro atoms. The highest BCUT2D eigenvalue weighted by atomic mass is 79.9. The van der Waals surface area contributed by atoms with Crippen molar-refractivity contribution in [3.63, 3.8) is 0 Å². The minimum atomic E-state index is 0.499. The number of fused-ring (bicyclic) bond motifs is 3. The van der Waals surface area contributed by atoms with Gasteiger partial charge in [-0.25, -0.2) is 4.98 Å². The maximum atomic E-state index is 4.90. The van der Waals surface area contributed by atoms with E-state index in [-0.39, 0.29) is 0 Å². The lowest BCUT2D eigenvalue weighted by Gasteiger charge is -2.46. The Balaban J connectivity index is 1.64. The second-order valence-corrected chi connectivity index (χ2v) is 7.15. The molecular formula is C15H16BrN3S. The lowest BCUT2D eigenvalue weighted by molar-refractivity contribution is 0.0123. The van der Waals surface area contributed by atoms with E-state index in [2.05, 4.69) is 49.3 Å². The van der Waals surface area contributed by atoms with E-state index in [1.54, 1.807) is 11.3 Å². The third-order valence-electron chi connectivity index (χ3n) is 4.24. The normalized spacial score (nSPS) is 28.8. The van der Waals surface area contributed by atoms with Crippen molar-refractivity contribution in [1.29, 1.82) is 0 Å². The van der Waals surface area contributed by atoms with Gasteiger partial charge < -0.3 is 0 Å². The van der Waals surface area contributed by atoms with Gasteiger partial charge in [0, 0.05) is 48.1 Å². The summed E-state index contributed by atoms with van der Waals surface area (Å²) in [7, 11) is 0. The molecular weight excluding hydrogens is 334 g/mol. The van der Waals surface area contributed by atoms with E-state index in [1.165, 1.54) is 36.8 Å². The third-order valence-corrected chi connectivity index (χ3v) is 5.87. The molecule has 1 aromatic carbocycles. The van der Waals surface area contributed by atoms with Crippen LogP contribution in [0.1, 0.15) is 11.0 Å². The van der Waals surface area contributed by atoms with Gasteiger partial charge in [-0.3, -0.25) is 9.80 Å². The first-order chi connectivity index (χ1) is 9.81. The molecule has 20 heavy (non-hydrogen) atoms. The maximum Gasteiger partial charge on any atom is 0.112 e. The molecule has 1 atom stereocenters. The minimum Gasteiger partial charge on any atom is -0.299 e. The van der Waals surface area contributed by atoms with Crippen molar-refractivity contribution in [1.82, 2.24) is 14.8 Å². The molecule has 3 fully saturated rings. The minimum absolute atomic E-state index is 0.499. The van der Waals surface area contributed by atoms with E-state index in [0.717, 1.165) is 16.7 Å². The van der Waals surface area contributed by atoms with Crippen molar-refractivity contribution in [2.45, 2.75) is 6.04 Å². The summed E-state index contributed by atoms with van der Waals surface area (Å²) in [5, 5.41) is 3.45. The van der Waals surface area contributed by atoms with Gasteiger partial charge in [-0.1, -0.05) is 34.1 Å². The molecule has 3 nitrogen and oxygen atoms in total. The summed E-state index contributed by atoms with van der Waals surface area (Å²) >= 11 is 5.42. The van der Waals surface area contributed by atoms with Crippen molar-refractivity contribution in [3.8, 4) is 11.3 Å². The number of rotatable bonds is 2. The Hall–Kier alpha value is -0.750. The van der Waals surface area contributed by atoms with Crippen LogP contribution in [0.25, 0.3) is 11.3 Å². The van der Waals surface area contributed by atoms with Gasteiger partial charge in [0.15, 0.2) is 0 Å². The molecule has 3 aliphatic heterocycles. The van der Waals surface area contributed by atoms with Gasteiger partial charge in [-0.05, 0) is 6.07 Å². The molecule has 5 heteroatoms. The maximum absolute atomic E-state index is 4.90. The number of hydrogen-bond donors (Lipinski definition) is 0. The summed E-state index contributed by atoms with van der Waals surface area (Å²) in [4.78, 5) is 10.0. The molecule has 2 aromatic rings. The van der Waals surface area contributed by atoms with Crippen molar-refractivity contribution in [2.75, 3.05) is 32.7 Å². The van der Waals surface area contributed by atoms with E-state index in [9.17, 15) is 0 Å². The van der Waals surface area contributed by atoms with E-state index >= 15 is 0 Å². The van der Waals surface area contributed by atoms with Crippen LogP contribution < -0.4 is 0 Å². The van der Waals surface area contributed by atoms with E-state index < -0.39 is 0 Å². The van der Waals surface area contributed by atoms with Crippen LogP contribution in [-0.2, 0) is 0 Å². The lowest BCUT2D eigenvalue weighted by atomic mass is 10.1. The number of hydrogen-bond acceptors (Lipinski definition) is 4. The summed E-state index contributed by atoms with van der Waals surface area (Å²) in [6, 6.07) is 8.81. The molecule has 0 radical (unpaired) electrons. The van der Waals surface area contributed by atoms with Crippen LogP contribution in [0.15, 0.2) is 34.1 Å². The fourth-order valence-electron chi connectivity index (χ4n) is 3.09. The van der Waals surface area contributed by atoms with Gasteiger partial charge in [-0.2, -0.15) is 0 Å². The first-order valence-electron chi connectivity index (χ1n) is 6.98. The first-order valence-corrected chi connectivity index (χ1v) is 8.65. The van der Waals surface area contributed by atoms with Crippen LogP contribution in [0, 0.1) is 0 Å². The molecule has 0 N–H and O–H groups in total. The highest BCUT2D eigenvalue weighted by Crippen LogP contribution is 2.34. The van der Waals surface area contributed by atoms with Crippen LogP contribution in [0.5, 0.6) is 0 Å². The van der Waals surface area contributed by atoms with Crippen LogP contribution in [0.4, 0.5) is 0 Å². The highest BCUT2D eigenvalue weighted by molar-refractivity contribution is 9.10. The average molecular weight is 350 g/mol. The molecule has 104 valence electrons. The first kappa shape index (κ1) is 13.0. The molecule has 4 heterocycles. The quantitative estimate of drug-likeness (QED) is 0.829. The molecule has 0 amide bonds. The zero-order valence-corrected chi connectivity index (χ0v) is 13.5. The second kappa shape index (κ2) is 5.22. The fraction of sp³-hybridized carbons (Fsp3) is 0.400. The average Bonchev–Trinajstić information content (AvgIpc) is 2.98. The Bertz CT molecular complexity index is 619. The molecule has 3 saturated heterocycles. The summed E-state index contributed by atoms with van der Waals surface area (Å²) < 4.78 is 1.12. The van der Waals surface area contributed by atoms with Crippen LogP contribution in [-0.4, -0.2) is 47.5 Å². The number of piperazine rings is 3. The third kappa shape index (κ3) is 2.22. The Morgan fingerprint density at radius 1 is 1.15 bits per heavy atom. The highest BCUT2D eigenvalue weighted by Gasteiger charge is 2.34. The van der Waals surface area contributed by atoms with E-state index in [4.69, 9.17) is 4.98 Å². The van der Waals surface area contributed by atoms with Crippen LogP contribution in [0.3, 0.4) is 0 Å². The number of benzene rings is 1. The Kier molecular flexibility index (Phi) is 3.38. The topological polar surface area (TPSA) is 19.4 Å². The molecule has 3 aliphatic rings. The van der Waals surface area contributed by atoms with E-state index in [0.29, 0.717) is 6.04 Å². The predicted molar refractivity (Wildman–Crippen MR) is 86.0 cm³/mol. The number of aromatic nitrogens is 1. The second-order valence-electron chi connectivity index (χ2n) is 5.40. The van der Waals surface area contributed by atoms with Gasteiger partial charge in [0.1, 0.15) is 5.01 Å². The van der Waals surface area contributed by atoms with Crippen molar-refractivity contribution < 1.29 is 0 Å². The SMILES string of the molecule is Brc1ccccc1-c1csc(C2CN3CCN2CC3)n1. The fourth-order valence-corrected chi connectivity index (χ4v) is 4.52. The number of nitrogens with zero attached hydrogens (tertiary/aromatic N) is 3. The zero-order valence-electron chi connectivity index (χ0n) is 11.1. The molecule has 0 aliphatic carbocycles. The number of halogens is 1. The predicted octanol–water partition coefficient (Wildman–Crippen LogP) is 3.24. The molecule has 0 saturated carbocycles. The monoisotopic (exact) mass is 349 g/mol. The molecule has 2 bridgehead atoms. The largest absolute Gasteiger partial charge is 0.299 e. The van der Waals surface area contributed by atoms with Gasteiger partial charge in [0.05, 0.1) is 11.7 Å². The van der Waals surface area contributed by atoms with Crippen molar-refractivity contribution in [2.24, 2.45) is 0 Å². The summed E-state index contributed by atoms with van der Waals surface area (Å²) in [6.07, 6.45) is 0. The lowest BCUT2D eigenvalue weighted by Crippen LogP contribution is -2.56. The number of thiazole rings is 1. The molecule has 1 aromatic heterocycles.